The van der Waals surface area contributed by atoms with Crippen molar-refractivity contribution in [2.75, 3.05) is 13.6 Å². The minimum absolute atomic E-state index is 0.466. The molecule has 1 aromatic rings. The first-order chi connectivity index (χ1) is 6.72. The molecule has 1 atom stereocenters. The van der Waals surface area contributed by atoms with Crippen molar-refractivity contribution in [3.8, 4) is 0 Å². The van der Waals surface area contributed by atoms with Crippen molar-refractivity contribution in [1.29, 1.82) is 0 Å². The highest BCUT2D eigenvalue weighted by molar-refractivity contribution is 5.05. The van der Waals surface area contributed by atoms with Gasteiger partial charge in [0.2, 0.25) is 0 Å². The second-order valence-corrected chi connectivity index (χ2v) is 3.59. The van der Waals surface area contributed by atoms with Crippen molar-refractivity contribution in [3.63, 3.8) is 0 Å². The van der Waals surface area contributed by atoms with E-state index in [9.17, 15) is 0 Å². The van der Waals surface area contributed by atoms with Gasteiger partial charge in [0, 0.05) is 12.7 Å². The molecule has 1 aromatic heterocycles. The van der Waals surface area contributed by atoms with Crippen LogP contribution in [0.5, 0.6) is 0 Å². The van der Waals surface area contributed by atoms with Crippen molar-refractivity contribution in [2.45, 2.75) is 39.8 Å². The predicted octanol–water partition coefficient (Wildman–Crippen LogP) is 2.31. The van der Waals surface area contributed by atoms with Gasteiger partial charge in [0.25, 0.3) is 0 Å². The summed E-state index contributed by atoms with van der Waals surface area (Å²) in [6, 6.07) is 2.59. The van der Waals surface area contributed by atoms with E-state index < -0.39 is 0 Å². The lowest BCUT2D eigenvalue weighted by Gasteiger charge is -2.23. The van der Waals surface area contributed by atoms with Gasteiger partial charge in [-0.1, -0.05) is 13.8 Å². The fraction of sp³-hybridized carbons (Fsp3) is 0.727. The Morgan fingerprint density at radius 1 is 1.43 bits per heavy atom. The molecule has 0 saturated heterocycles. The van der Waals surface area contributed by atoms with Crippen LogP contribution >= 0.6 is 0 Å². The first-order valence-corrected chi connectivity index (χ1v) is 5.46. The molecule has 0 radical (unpaired) electrons. The number of hydrogen-bond donors (Lipinski definition) is 0. The van der Waals surface area contributed by atoms with E-state index in [1.54, 1.807) is 0 Å². The quantitative estimate of drug-likeness (QED) is 0.719. The van der Waals surface area contributed by atoms with Crippen molar-refractivity contribution in [1.82, 2.24) is 14.7 Å². The van der Waals surface area contributed by atoms with Crippen molar-refractivity contribution in [3.05, 3.63) is 18.0 Å². The largest absolute Gasteiger partial charge is 0.298 e. The van der Waals surface area contributed by atoms with Gasteiger partial charge in [-0.05, 0) is 33.0 Å². The lowest BCUT2D eigenvalue weighted by molar-refractivity contribution is 0.245. The molecule has 0 aliphatic carbocycles. The van der Waals surface area contributed by atoms with Gasteiger partial charge in [-0.15, -0.1) is 0 Å². The lowest BCUT2D eigenvalue weighted by Crippen LogP contribution is -2.24. The summed E-state index contributed by atoms with van der Waals surface area (Å²) in [7, 11) is 2.15. The Morgan fingerprint density at radius 3 is 2.57 bits per heavy atom. The van der Waals surface area contributed by atoms with Crippen LogP contribution in [0.3, 0.4) is 0 Å². The van der Waals surface area contributed by atoms with Crippen LogP contribution in [-0.4, -0.2) is 28.3 Å². The van der Waals surface area contributed by atoms with Gasteiger partial charge in [0.05, 0.1) is 11.7 Å². The maximum absolute atomic E-state index is 4.54. The number of nitrogens with zero attached hydrogens (tertiary/aromatic N) is 3. The molecule has 3 nitrogen and oxygen atoms in total. The van der Waals surface area contributed by atoms with Crippen LogP contribution in [0.1, 0.15) is 38.9 Å². The van der Waals surface area contributed by atoms with Crippen LogP contribution in [0.4, 0.5) is 0 Å². The van der Waals surface area contributed by atoms with Gasteiger partial charge in [0.1, 0.15) is 0 Å². The Bertz CT molecular complexity index is 267. The highest BCUT2D eigenvalue weighted by Gasteiger charge is 2.15. The van der Waals surface area contributed by atoms with Gasteiger partial charge in [-0.3, -0.25) is 9.58 Å². The summed E-state index contributed by atoms with van der Waals surface area (Å²) in [6.07, 6.45) is 3.17. The van der Waals surface area contributed by atoms with E-state index in [4.69, 9.17) is 0 Å². The topological polar surface area (TPSA) is 21.1 Å². The molecule has 0 aromatic carbocycles. The summed E-state index contributed by atoms with van der Waals surface area (Å²) in [5.74, 6) is 0. The first kappa shape index (κ1) is 11.2. The Labute approximate surface area is 86.7 Å². The second kappa shape index (κ2) is 5.15. The average molecular weight is 195 g/mol. The minimum atomic E-state index is 0.466. The standard InChI is InChI=1S/C11H21N3/c1-5-11(13(4)6-2)10-8-9-14(7-3)12-10/h8-9,11H,5-7H2,1-4H3. The van der Waals surface area contributed by atoms with Crippen LogP contribution in [0.2, 0.25) is 0 Å². The third kappa shape index (κ3) is 2.35. The van der Waals surface area contributed by atoms with E-state index in [1.165, 1.54) is 5.69 Å². The van der Waals surface area contributed by atoms with Crippen molar-refractivity contribution in [2.24, 2.45) is 0 Å². The van der Waals surface area contributed by atoms with Crippen LogP contribution in [0.25, 0.3) is 0 Å². The van der Waals surface area contributed by atoms with Gasteiger partial charge in [0.15, 0.2) is 0 Å². The predicted molar refractivity (Wildman–Crippen MR) is 59.2 cm³/mol. The molecule has 0 fully saturated rings. The zero-order valence-electron chi connectivity index (χ0n) is 9.70. The minimum Gasteiger partial charge on any atom is -0.298 e. The highest BCUT2D eigenvalue weighted by atomic mass is 15.3. The van der Waals surface area contributed by atoms with Crippen LogP contribution in [0, 0.1) is 0 Å². The average Bonchev–Trinajstić information content (AvgIpc) is 2.67. The number of aromatic nitrogens is 2. The maximum atomic E-state index is 4.54. The monoisotopic (exact) mass is 195 g/mol. The Kier molecular flexibility index (Phi) is 4.14. The van der Waals surface area contributed by atoms with Crippen LogP contribution in [-0.2, 0) is 6.54 Å². The summed E-state index contributed by atoms with van der Waals surface area (Å²) >= 11 is 0. The molecule has 1 unspecified atom stereocenters. The summed E-state index contributed by atoms with van der Waals surface area (Å²) < 4.78 is 1.99. The fourth-order valence-corrected chi connectivity index (χ4v) is 1.70. The number of rotatable bonds is 5. The van der Waals surface area contributed by atoms with E-state index in [0.29, 0.717) is 6.04 Å². The van der Waals surface area contributed by atoms with Crippen LogP contribution < -0.4 is 0 Å². The lowest BCUT2D eigenvalue weighted by atomic mass is 10.1. The summed E-state index contributed by atoms with van der Waals surface area (Å²) in [5.41, 5.74) is 1.19. The normalized spacial score (nSPS) is 13.5. The molecular weight excluding hydrogens is 174 g/mol. The summed E-state index contributed by atoms with van der Waals surface area (Å²) in [4.78, 5) is 2.34. The van der Waals surface area contributed by atoms with Crippen molar-refractivity contribution >= 4 is 0 Å². The molecule has 0 N–H and O–H groups in total. The smallest absolute Gasteiger partial charge is 0.0795 e. The van der Waals surface area contributed by atoms with E-state index in [1.807, 2.05) is 4.68 Å². The molecule has 80 valence electrons. The zero-order chi connectivity index (χ0) is 10.6. The summed E-state index contributed by atoms with van der Waals surface area (Å²) in [6.45, 7) is 8.52. The molecular formula is C11H21N3. The molecule has 0 bridgehead atoms. The maximum Gasteiger partial charge on any atom is 0.0795 e. The molecule has 0 aliphatic heterocycles. The first-order valence-electron chi connectivity index (χ1n) is 5.46. The fourth-order valence-electron chi connectivity index (χ4n) is 1.70. The number of hydrogen-bond acceptors (Lipinski definition) is 2. The Balaban J connectivity index is 2.78. The molecule has 1 heterocycles. The number of aryl methyl sites for hydroxylation is 1. The van der Waals surface area contributed by atoms with E-state index in [-0.39, 0.29) is 0 Å². The van der Waals surface area contributed by atoms with Gasteiger partial charge in [-0.2, -0.15) is 5.10 Å². The third-order valence-electron chi connectivity index (χ3n) is 2.74. The summed E-state index contributed by atoms with van der Waals surface area (Å²) in [5, 5.41) is 4.54. The molecule has 0 amide bonds. The second-order valence-electron chi connectivity index (χ2n) is 3.59. The molecule has 0 aliphatic rings. The van der Waals surface area contributed by atoms with Gasteiger partial charge < -0.3 is 0 Å². The zero-order valence-corrected chi connectivity index (χ0v) is 9.70. The molecule has 0 spiro atoms. The van der Waals surface area contributed by atoms with E-state index in [0.717, 1.165) is 19.5 Å². The highest BCUT2D eigenvalue weighted by Crippen LogP contribution is 2.20. The molecule has 1 rings (SSSR count). The van der Waals surface area contributed by atoms with E-state index >= 15 is 0 Å². The Morgan fingerprint density at radius 2 is 2.14 bits per heavy atom. The van der Waals surface area contributed by atoms with Crippen LogP contribution in [0.15, 0.2) is 12.3 Å². The van der Waals surface area contributed by atoms with E-state index in [2.05, 4.69) is 50.1 Å². The molecule has 14 heavy (non-hydrogen) atoms. The van der Waals surface area contributed by atoms with Gasteiger partial charge >= 0.3 is 0 Å². The Hall–Kier alpha value is -0.830. The van der Waals surface area contributed by atoms with Crippen molar-refractivity contribution < 1.29 is 0 Å². The SMILES string of the molecule is CCC(c1ccn(CC)n1)N(C)CC. The van der Waals surface area contributed by atoms with Gasteiger partial charge in [-0.25, -0.2) is 0 Å². The molecule has 0 saturated carbocycles. The third-order valence-corrected chi connectivity index (χ3v) is 2.74. The molecule has 3 heteroatoms.